The number of halogens is 1. The topological polar surface area (TPSA) is 32.3 Å². The van der Waals surface area contributed by atoms with Crippen molar-refractivity contribution in [2.75, 3.05) is 13.1 Å². The van der Waals surface area contributed by atoms with Crippen molar-refractivity contribution in [2.45, 2.75) is 56.0 Å². The lowest BCUT2D eigenvalue weighted by Gasteiger charge is -2.52. The fraction of sp³-hybridized carbons (Fsp3) is 0.571. The van der Waals surface area contributed by atoms with E-state index in [1.54, 1.807) is 6.07 Å². The van der Waals surface area contributed by atoms with Gasteiger partial charge in [0, 0.05) is 10.2 Å². The second-order valence-electron chi connectivity index (χ2n) is 8.68. The van der Waals surface area contributed by atoms with E-state index in [0.717, 1.165) is 33.4 Å². The summed E-state index contributed by atoms with van der Waals surface area (Å²) in [5.74, 6) is 0.934. The number of nitrogens with zero attached hydrogens (tertiary/aromatic N) is 1. The number of benzene rings is 1. The lowest BCUT2D eigenvalue weighted by Crippen LogP contribution is -2.65. The van der Waals surface area contributed by atoms with Crippen LogP contribution in [-0.2, 0) is 0 Å². The number of fused-ring (bicyclic) bond motifs is 3. The number of carbonyl (C=O) groups is 1. The maximum Gasteiger partial charge on any atom is 0.261 e. The first-order chi connectivity index (χ1) is 12.6. The Kier molecular flexibility index (Phi) is 3.17. The summed E-state index contributed by atoms with van der Waals surface area (Å²) >= 11 is 1.51. The molecule has 3 nitrogen and oxygen atoms in total. The third kappa shape index (κ3) is 2.23. The van der Waals surface area contributed by atoms with Gasteiger partial charge in [-0.1, -0.05) is 0 Å². The molecule has 2 aromatic rings. The van der Waals surface area contributed by atoms with Crippen LogP contribution in [0.4, 0.5) is 4.39 Å². The highest BCUT2D eigenvalue weighted by Gasteiger charge is 2.60. The third-order valence-electron chi connectivity index (χ3n) is 7.15. The lowest BCUT2D eigenvalue weighted by atomic mass is 9.77. The average Bonchev–Trinajstić information content (AvgIpc) is 3.57. The van der Waals surface area contributed by atoms with Gasteiger partial charge in [-0.3, -0.25) is 9.69 Å². The molecule has 1 amide bonds. The van der Waals surface area contributed by atoms with Crippen LogP contribution in [0, 0.1) is 11.7 Å². The van der Waals surface area contributed by atoms with Crippen molar-refractivity contribution in [2.24, 2.45) is 5.92 Å². The molecule has 2 aliphatic carbocycles. The number of amides is 1. The van der Waals surface area contributed by atoms with E-state index in [2.05, 4.69) is 10.2 Å². The van der Waals surface area contributed by atoms with Crippen LogP contribution in [0.1, 0.15) is 59.7 Å². The van der Waals surface area contributed by atoms with Crippen LogP contribution in [-0.4, -0.2) is 35.5 Å². The zero-order chi connectivity index (χ0) is 17.5. The largest absolute Gasteiger partial charge is 0.346 e. The summed E-state index contributed by atoms with van der Waals surface area (Å²) < 4.78 is 15.3. The Balaban J connectivity index is 1.29. The van der Waals surface area contributed by atoms with Gasteiger partial charge < -0.3 is 5.32 Å². The molecule has 1 aromatic heterocycles. The molecule has 1 aromatic carbocycles. The van der Waals surface area contributed by atoms with Crippen molar-refractivity contribution in [3.05, 3.63) is 34.5 Å². The summed E-state index contributed by atoms with van der Waals surface area (Å²) in [6.45, 7) is 2.40. The zero-order valence-electron chi connectivity index (χ0n) is 14.8. The molecule has 136 valence electrons. The van der Waals surface area contributed by atoms with E-state index in [9.17, 15) is 9.18 Å². The molecule has 5 heteroatoms. The SMILES string of the molecule is O=C(N[C@H]1C2CCN(CC2)C12CC2)c1cc2cc(F)c(C3CC3)cc2s1. The van der Waals surface area contributed by atoms with Gasteiger partial charge in [0.2, 0.25) is 0 Å². The van der Waals surface area contributed by atoms with Crippen LogP contribution in [0.25, 0.3) is 10.1 Å². The Hall–Kier alpha value is -1.46. The molecule has 1 spiro atoms. The van der Waals surface area contributed by atoms with Crippen molar-refractivity contribution in [3.8, 4) is 0 Å². The summed E-state index contributed by atoms with van der Waals surface area (Å²) in [6.07, 6.45) is 7.02. The van der Waals surface area contributed by atoms with Gasteiger partial charge >= 0.3 is 0 Å². The number of rotatable bonds is 3. The molecule has 5 aliphatic rings. The second-order valence-corrected chi connectivity index (χ2v) is 9.76. The van der Waals surface area contributed by atoms with Crippen molar-refractivity contribution in [3.63, 3.8) is 0 Å². The molecule has 7 rings (SSSR count). The molecule has 1 N–H and O–H groups in total. The molecule has 0 radical (unpaired) electrons. The van der Waals surface area contributed by atoms with Gasteiger partial charge in [0.15, 0.2) is 0 Å². The first-order valence-corrected chi connectivity index (χ1v) is 10.7. The van der Waals surface area contributed by atoms with Gasteiger partial charge in [-0.25, -0.2) is 4.39 Å². The quantitative estimate of drug-likeness (QED) is 0.875. The number of carbonyl (C=O) groups excluding carboxylic acids is 1. The van der Waals surface area contributed by atoms with E-state index in [1.165, 1.54) is 50.1 Å². The molecule has 2 bridgehead atoms. The monoisotopic (exact) mass is 370 g/mol. The molecule has 2 saturated carbocycles. The van der Waals surface area contributed by atoms with E-state index in [0.29, 0.717) is 17.9 Å². The maximum atomic E-state index is 14.3. The minimum Gasteiger partial charge on any atom is -0.346 e. The van der Waals surface area contributed by atoms with Gasteiger partial charge in [-0.2, -0.15) is 0 Å². The Bertz CT molecular complexity index is 906. The van der Waals surface area contributed by atoms with Gasteiger partial charge in [0.05, 0.1) is 10.9 Å². The lowest BCUT2D eigenvalue weighted by molar-refractivity contribution is -0.00138. The zero-order valence-corrected chi connectivity index (χ0v) is 15.6. The highest BCUT2D eigenvalue weighted by atomic mass is 32.1. The van der Waals surface area contributed by atoms with Crippen LogP contribution in [0.15, 0.2) is 18.2 Å². The molecule has 26 heavy (non-hydrogen) atoms. The van der Waals surface area contributed by atoms with Gasteiger partial charge in [-0.05, 0) is 92.6 Å². The summed E-state index contributed by atoms with van der Waals surface area (Å²) in [5.41, 5.74) is 1.08. The molecular weight excluding hydrogens is 347 g/mol. The molecule has 3 aliphatic heterocycles. The fourth-order valence-electron chi connectivity index (χ4n) is 5.43. The Morgan fingerprint density at radius 1 is 1.15 bits per heavy atom. The summed E-state index contributed by atoms with van der Waals surface area (Å²) in [4.78, 5) is 16.3. The van der Waals surface area contributed by atoms with Gasteiger partial charge in [0.25, 0.3) is 5.91 Å². The summed E-state index contributed by atoms with van der Waals surface area (Å²) in [6, 6.07) is 5.75. The molecule has 5 fully saturated rings. The molecular formula is C21H23FN2OS. The first-order valence-electron chi connectivity index (χ1n) is 9.93. The smallest absolute Gasteiger partial charge is 0.261 e. The van der Waals surface area contributed by atoms with Crippen LogP contribution in [0.5, 0.6) is 0 Å². The number of hydrogen-bond donors (Lipinski definition) is 1. The fourth-order valence-corrected chi connectivity index (χ4v) is 6.42. The van der Waals surface area contributed by atoms with Crippen LogP contribution >= 0.6 is 11.3 Å². The van der Waals surface area contributed by atoms with Crippen molar-refractivity contribution >= 4 is 27.3 Å². The summed E-state index contributed by atoms with van der Waals surface area (Å²) in [5, 5.41) is 4.24. The van der Waals surface area contributed by atoms with Gasteiger partial charge in [0.1, 0.15) is 5.82 Å². The van der Waals surface area contributed by atoms with Crippen LogP contribution in [0.2, 0.25) is 0 Å². The van der Waals surface area contributed by atoms with E-state index in [1.807, 2.05) is 12.1 Å². The maximum absolute atomic E-state index is 14.3. The summed E-state index contributed by atoms with van der Waals surface area (Å²) in [7, 11) is 0. The van der Waals surface area contributed by atoms with Crippen LogP contribution < -0.4 is 5.32 Å². The highest BCUT2D eigenvalue weighted by molar-refractivity contribution is 7.20. The molecule has 4 heterocycles. The standard InChI is InChI=1S/C21H23FN2OS/c22-16-9-14-10-18(26-17(14)11-15(16)12-1-2-12)20(25)23-19-13-3-7-24(8-4-13)21(19)5-6-21/h9-13,19H,1-8H2,(H,23,25)/t19-/m0/s1. The second kappa shape index (κ2) is 5.29. The third-order valence-corrected chi connectivity index (χ3v) is 8.24. The normalized spacial score (nSPS) is 31.5. The van der Waals surface area contributed by atoms with Crippen LogP contribution in [0.3, 0.4) is 0 Å². The van der Waals surface area contributed by atoms with E-state index >= 15 is 0 Å². The Labute approximate surface area is 156 Å². The predicted octanol–water partition coefficient (Wildman–Crippen LogP) is 4.27. The Morgan fingerprint density at radius 2 is 1.92 bits per heavy atom. The highest BCUT2D eigenvalue weighted by Crippen LogP contribution is 2.53. The van der Waals surface area contributed by atoms with E-state index < -0.39 is 0 Å². The number of thiophene rings is 1. The predicted molar refractivity (Wildman–Crippen MR) is 101 cm³/mol. The van der Waals surface area contributed by atoms with Crippen molar-refractivity contribution < 1.29 is 9.18 Å². The average molecular weight is 370 g/mol. The molecule has 3 saturated heterocycles. The minimum atomic E-state index is -0.112. The van der Waals surface area contributed by atoms with E-state index in [-0.39, 0.29) is 17.3 Å². The van der Waals surface area contributed by atoms with E-state index in [4.69, 9.17) is 0 Å². The van der Waals surface area contributed by atoms with Crippen molar-refractivity contribution in [1.82, 2.24) is 10.2 Å². The first kappa shape index (κ1) is 15.6. The van der Waals surface area contributed by atoms with Gasteiger partial charge in [-0.15, -0.1) is 11.3 Å². The number of hydrogen-bond acceptors (Lipinski definition) is 3. The Morgan fingerprint density at radius 3 is 2.62 bits per heavy atom. The molecule has 0 unspecified atom stereocenters. The minimum absolute atomic E-state index is 0.0320. The molecule has 1 atom stereocenters. The number of nitrogens with one attached hydrogen (secondary N) is 1. The van der Waals surface area contributed by atoms with Crippen molar-refractivity contribution in [1.29, 1.82) is 0 Å². The number of piperidine rings is 3.